The van der Waals surface area contributed by atoms with E-state index in [4.69, 9.17) is 9.84 Å². The van der Waals surface area contributed by atoms with Gasteiger partial charge in [0.2, 0.25) is 0 Å². The molecule has 0 saturated heterocycles. The van der Waals surface area contributed by atoms with Crippen molar-refractivity contribution in [1.29, 1.82) is 0 Å². The third-order valence-electron chi connectivity index (χ3n) is 4.55. The van der Waals surface area contributed by atoms with Crippen LogP contribution in [0, 0.1) is 0 Å². The van der Waals surface area contributed by atoms with Crippen molar-refractivity contribution in [2.24, 2.45) is 0 Å². The molecule has 0 saturated carbocycles. The fourth-order valence-electron chi connectivity index (χ4n) is 3.01. The Kier molecular flexibility index (Phi) is 6.86. The second-order valence-electron chi connectivity index (χ2n) is 6.52. The highest BCUT2D eigenvalue weighted by Crippen LogP contribution is 2.15. The summed E-state index contributed by atoms with van der Waals surface area (Å²) in [6, 6.07) is 27.8. The number of rotatable bonds is 9. The van der Waals surface area contributed by atoms with Crippen LogP contribution in [0.15, 0.2) is 78.9 Å². The van der Waals surface area contributed by atoms with Gasteiger partial charge in [0.25, 0.3) is 0 Å². The SMILES string of the molecule is OCCOc1ccc(CCc2ccc(CCc3ccccc3)cc2)cc1. The fraction of sp³-hybridized carbons (Fsp3) is 0.250. The molecular formula is C24H26O2. The lowest BCUT2D eigenvalue weighted by Gasteiger charge is -2.07. The van der Waals surface area contributed by atoms with Gasteiger partial charge in [0.05, 0.1) is 6.61 Å². The second kappa shape index (κ2) is 9.79. The number of hydrogen-bond donors (Lipinski definition) is 1. The maximum atomic E-state index is 8.78. The molecule has 0 spiro atoms. The van der Waals surface area contributed by atoms with E-state index in [9.17, 15) is 0 Å². The Morgan fingerprint density at radius 1 is 0.538 bits per heavy atom. The third kappa shape index (κ3) is 5.75. The van der Waals surface area contributed by atoms with E-state index in [-0.39, 0.29) is 6.61 Å². The van der Waals surface area contributed by atoms with Crippen LogP contribution in [0.1, 0.15) is 22.3 Å². The molecule has 0 heterocycles. The molecule has 2 heteroatoms. The molecule has 0 aliphatic rings. The summed E-state index contributed by atoms with van der Waals surface area (Å²) in [5, 5.41) is 8.78. The first-order valence-electron chi connectivity index (χ1n) is 9.28. The van der Waals surface area contributed by atoms with Gasteiger partial charge in [-0.25, -0.2) is 0 Å². The van der Waals surface area contributed by atoms with E-state index in [0.717, 1.165) is 31.4 Å². The quantitative estimate of drug-likeness (QED) is 0.612. The number of hydrogen-bond acceptors (Lipinski definition) is 2. The minimum Gasteiger partial charge on any atom is -0.491 e. The van der Waals surface area contributed by atoms with E-state index < -0.39 is 0 Å². The zero-order chi connectivity index (χ0) is 18.0. The van der Waals surface area contributed by atoms with Crippen LogP contribution in [0.3, 0.4) is 0 Å². The zero-order valence-electron chi connectivity index (χ0n) is 15.1. The van der Waals surface area contributed by atoms with E-state index in [1.54, 1.807) is 0 Å². The second-order valence-corrected chi connectivity index (χ2v) is 6.52. The van der Waals surface area contributed by atoms with Crippen molar-refractivity contribution in [3.63, 3.8) is 0 Å². The molecule has 0 unspecified atom stereocenters. The van der Waals surface area contributed by atoms with Gasteiger partial charge in [-0.05, 0) is 60.1 Å². The summed E-state index contributed by atoms with van der Waals surface area (Å²) in [5.41, 5.74) is 5.45. The molecule has 0 bridgehead atoms. The molecule has 1 N–H and O–H groups in total. The first kappa shape index (κ1) is 18.2. The Balaban J connectivity index is 1.46. The van der Waals surface area contributed by atoms with Crippen LogP contribution in [-0.2, 0) is 25.7 Å². The molecule has 0 aromatic heterocycles. The van der Waals surface area contributed by atoms with Gasteiger partial charge in [-0.15, -0.1) is 0 Å². The summed E-state index contributed by atoms with van der Waals surface area (Å²) in [5.74, 6) is 0.811. The van der Waals surface area contributed by atoms with Gasteiger partial charge in [0.1, 0.15) is 12.4 Å². The van der Waals surface area contributed by atoms with Crippen molar-refractivity contribution >= 4 is 0 Å². The van der Waals surface area contributed by atoms with Gasteiger partial charge in [-0.1, -0.05) is 66.7 Å². The van der Waals surface area contributed by atoms with Crippen molar-refractivity contribution in [2.75, 3.05) is 13.2 Å². The standard InChI is InChI=1S/C24H26O2/c25-18-19-26-24-16-14-23(15-17-24)13-12-22-10-8-21(9-11-22)7-6-20-4-2-1-3-5-20/h1-5,8-11,14-17,25H,6-7,12-13,18-19H2. The van der Waals surface area contributed by atoms with Crippen molar-refractivity contribution in [2.45, 2.75) is 25.7 Å². The molecule has 3 aromatic rings. The van der Waals surface area contributed by atoms with Crippen LogP contribution in [0.4, 0.5) is 0 Å². The molecule has 26 heavy (non-hydrogen) atoms. The lowest BCUT2D eigenvalue weighted by atomic mass is 10.0. The lowest BCUT2D eigenvalue weighted by molar-refractivity contribution is 0.201. The first-order valence-corrected chi connectivity index (χ1v) is 9.28. The van der Waals surface area contributed by atoms with Gasteiger partial charge in [0.15, 0.2) is 0 Å². The minimum absolute atomic E-state index is 0.0447. The number of aliphatic hydroxyl groups is 1. The smallest absolute Gasteiger partial charge is 0.119 e. The predicted octanol–water partition coefficient (Wildman–Crippen LogP) is 4.63. The number of aliphatic hydroxyl groups excluding tert-OH is 1. The summed E-state index contributed by atoms with van der Waals surface area (Å²) >= 11 is 0. The maximum absolute atomic E-state index is 8.78. The Labute approximate surface area is 156 Å². The molecular weight excluding hydrogens is 320 g/mol. The molecule has 3 aromatic carbocycles. The molecule has 0 fully saturated rings. The molecule has 3 rings (SSSR count). The normalized spacial score (nSPS) is 10.7. The highest BCUT2D eigenvalue weighted by molar-refractivity contribution is 5.29. The third-order valence-corrected chi connectivity index (χ3v) is 4.55. The Morgan fingerprint density at radius 2 is 0.962 bits per heavy atom. The molecule has 0 atom stereocenters. The number of benzene rings is 3. The van der Waals surface area contributed by atoms with Gasteiger partial charge in [0, 0.05) is 0 Å². The summed E-state index contributed by atoms with van der Waals surface area (Å²) in [4.78, 5) is 0. The average molecular weight is 346 g/mol. The highest BCUT2D eigenvalue weighted by atomic mass is 16.5. The average Bonchev–Trinajstić information content (AvgIpc) is 2.71. The molecule has 0 amide bonds. The van der Waals surface area contributed by atoms with Gasteiger partial charge >= 0.3 is 0 Å². The molecule has 0 radical (unpaired) electrons. The summed E-state index contributed by atoms with van der Waals surface area (Å²) < 4.78 is 5.39. The topological polar surface area (TPSA) is 29.5 Å². The van der Waals surface area contributed by atoms with Crippen molar-refractivity contribution in [3.8, 4) is 5.75 Å². The van der Waals surface area contributed by atoms with Gasteiger partial charge in [-0.2, -0.15) is 0 Å². The first-order chi connectivity index (χ1) is 12.8. The molecule has 2 nitrogen and oxygen atoms in total. The molecule has 0 aliphatic heterocycles. The predicted molar refractivity (Wildman–Crippen MR) is 107 cm³/mol. The Hall–Kier alpha value is -2.58. The van der Waals surface area contributed by atoms with Crippen LogP contribution in [-0.4, -0.2) is 18.3 Å². The van der Waals surface area contributed by atoms with E-state index >= 15 is 0 Å². The van der Waals surface area contributed by atoms with Crippen LogP contribution in [0.2, 0.25) is 0 Å². The van der Waals surface area contributed by atoms with Gasteiger partial charge < -0.3 is 9.84 Å². The monoisotopic (exact) mass is 346 g/mol. The lowest BCUT2D eigenvalue weighted by Crippen LogP contribution is -2.01. The van der Waals surface area contributed by atoms with E-state index in [1.165, 1.54) is 22.3 Å². The van der Waals surface area contributed by atoms with E-state index in [0.29, 0.717) is 6.61 Å². The van der Waals surface area contributed by atoms with E-state index in [1.807, 2.05) is 12.1 Å². The largest absolute Gasteiger partial charge is 0.491 e. The summed E-state index contributed by atoms with van der Waals surface area (Å²) in [6.07, 6.45) is 4.23. The number of ether oxygens (including phenoxy) is 1. The van der Waals surface area contributed by atoms with Crippen molar-refractivity contribution < 1.29 is 9.84 Å². The van der Waals surface area contributed by atoms with Crippen molar-refractivity contribution in [1.82, 2.24) is 0 Å². The number of aryl methyl sites for hydroxylation is 4. The fourth-order valence-corrected chi connectivity index (χ4v) is 3.01. The van der Waals surface area contributed by atoms with Crippen LogP contribution >= 0.6 is 0 Å². The minimum atomic E-state index is 0.0447. The van der Waals surface area contributed by atoms with Crippen LogP contribution < -0.4 is 4.74 Å². The molecule has 134 valence electrons. The zero-order valence-corrected chi connectivity index (χ0v) is 15.1. The Bertz CT molecular complexity index is 762. The molecule has 0 aliphatic carbocycles. The van der Waals surface area contributed by atoms with E-state index in [2.05, 4.69) is 66.7 Å². The van der Waals surface area contributed by atoms with Crippen molar-refractivity contribution in [3.05, 3.63) is 101 Å². The van der Waals surface area contributed by atoms with Gasteiger partial charge in [-0.3, -0.25) is 0 Å². The van der Waals surface area contributed by atoms with Crippen LogP contribution in [0.5, 0.6) is 5.75 Å². The maximum Gasteiger partial charge on any atom is 0.119 e. The summed E-state index contributed by atoms with van der Waals surface area (Å²) in [6.45, 7) is 0.388. The Morgan fingerprint density at radius 3 is 1.42 bits per heavy atom. The summed E-state index contributed by atoms with van der Waals surface area (Å²) in [7, 11) is 0. The highest BCUT2D eigenvalue weighted by Gasteiger charge is 2.00. The van der Waals surface area contributed by atoms with Crippen LogP contribution in [0.25, 0.3) is 0 Å².